The Hall–Kier alpha value is -3.23. The number of likely N-dealkylation sites (N-methyl/N-ethyl adjacent to an activating group) is 1. The minimum Gasteiger partial charge on any atom is -0.488 e. The van der Waals surface area contributed by atoms with Gasteiger partial charge in [-0.2, -0.15) is 0 Å². The highest BCUT2D eigenvalue weighted by Crippen LogP contribution is 2.30. The molecule has 0 unspecified atom stereocenters. The van der Waals surface area contributed by atoms with Gasteiger partial charge in [-0.1, -0.05) is 12.1 Å². The molecule has 32 heavy (non-hydrogen) atoms. The Labute approximate surface area is 187 Å². The molecule has 8 heteroatoms. The Morgan fingerprint density at radius 3 is 2.72 bits per heavy atom. The van der Waals surface area contributed by atoms with E-state index in [1.807, 2.05) is 49.3 Å². The molecular formula is C24H30N6O2. The number of hydrogen-bond acceptors (Lipinski definition) is 8. The van der Waals surface area contributed by atoms with Crippen LogP contribution in [-0.4, -0.2) is 58.5 Å². The number of nitrogens with two attached hydrogens (primary N) is 1. The summed E-state index contributed by atoms with van der Waals surface area (Å²) in [5.41, 5.74) is 9.42. The molecule has 5 N–H and O–H groups in total. The Balaban J connectivity index is 1.53. The highest BCUT2D eigenvalue weighted by molar-refractivity contribution is 6.04. The zero-order valence-corrected chi connectivity index (χ0v) is 18.5. The summed E-state index contributed by atoms with van der Waals surface area (Å²) in [6.07, 6.45) is 4.84. The first-order valence-electron chi connectivity index (χ1n) is 10.9. The molecule has 0 bridgehead atoms. The Morgan fingerprint density at radius 1 is 1.22 bits per heavy atom. The zero-order valence-electron chi connectivity index (χ0n) is 18.5. The maximum Gasteiger partial charge on any atom is 0.227 e. The van der Waals surface area contributed by atoms with Gasteiger partial charge < -0.3 is 31.2 Å². The van der Waals surface area contributed by atoms with Crippen molar-refractivity contribution in [3.05, 3.63) is 48.2 Å². The molecule has 1 saturated carbocycles. The number of nitrogens with zero attached hydrogens (tertiary/aromatic N) is 3. The molecule has 2 aromatic carbocycles. The molecule has 0 saturated heterocycles. The molecule has 168 valence electrons. The van der Waals surface area contributed by atoms with Crippen LogP contribution < -0.4 is 15.8 Å². The summed E-state index contributed by atoms with van der Waals surface area (Å²) >= 11 is 0. The third-order valence-electron chi connectivity index (χ3n) is 5.62. The van der Waals surface area contributed by atoms with Gasteiger partial charge in [0.05, 0.1) is 17.9 Å². The van der Waals surface area contributed by atoms with Gasteiger partial charge in [-0.3, -0.25) is 0 Å². The number of aliphatic hydroxyl groups is 1. The second-order valence-corrected chi connectivity index (χ2v) is 8.58. The number of rotatable bonds is 7. The zero-order chi connectivity index (χ0) is 22.7. The van der Waals surface area contributed by atoms with Gasteiger partial charge in [-0.05, 0) is 64.0 Å². The maximum atomic E-state index is 9.74. The molecule has 8 nitrogen and oxygen atoms in total. The van der Waals surface area contributed by atoms with Gasteiger partial charge in [0.25, 0.3) is 0 Å². The van der Waals surface area contributed by atoms with Crippen LogP contribution in [0.2, 0.25) is 0 Å². The van der Waals surface area contributed by atoms with Crippen molar-refractivity contribution in [1.82, 2.24) is 14.9 Å². The second-order valence-electron chi connectivity index (χ2n) is 8.58. The summed E-state index contributed by atoms with van der Waals surface area (Å²) in [5, 5.41) is 22.1. The predicted molar refractivity (Wildman–Crippen MR) is 128 cm³/mol. The van der Waals surface area contributed by atoms with Crippen molar-refractivity contribution in [2.75, 3.05) is 31.7 Å². The SMILES string of the molecule is CN(C)CC(=N)c1ccc(Nc2ncc3cccc(OC4CCC(O)CC4)c3n2)cc1N. The number of benzene rings is 2. The van der Waals surface area contributed by atoms with Crippen molar-refractivity contribution in [3.63, 3.8) is 0 Å². The minimum absolute atomic E-state index is 0.0835. The number of nitrogens with one attached hydrogen (secondary N) is 2. The number of fused-ring (bicyclic) bond motifs is 1. The average Bonchev–Trinajstić information content (AvgIpc) is 2.75. The molecule has 0 aliphatic heterocycles. The normalized spacial score (nSPS) is 18.6. The lowest BCUT2D eigenvalue weighted by atomic mass is 9.95. The monoisotopic (exact) mass is 434 g/mol. The molecule has 0 atom stereocenters. The lowest BCUT2D eigenvalue weighted by Crippen LogP contribution is -2.26. The van der Waals surface area contributed by atoms with Crippen molar-refractivity contribution >= 4 is 33.9 Å². The fourth-order valence-corrected chi connectivity index (χ4v) is 3.97. The van der Waals surface area contributed by atoms with Crippen LogP contribution in [0.25, 0.3) is 10.9 Å². The van der Waals surface area contributed by atoms with E-state index in [1.165, 1.54) is 0 Å². The molecule has 0 spiro atoms. The van der Waals surface area contributed by atoms with Gasteiger partial charge in [-0.25, -0.2) is 9.97 Å². The standard InChI is InChI=1S/C24H30N6O2/c1-30(2)14-21(26)19-11-6-16(12-20(19)25)28-24-27-13-15-4-3-5-22(23(15)29-24)32-18-9-7-17(31)8-10-18/h3-6,11-13,17-18,26,31H,7-10,14,25H2,1-2H3,(H,27,28,29). The third-order valence-corrected chi connectivity index (χ3v) is 5.62. The predicted octanol–water partition coefficient (Wildman–Crippen LogP) is 3.57. The van der Waals surface area contributed by atoms with E-state index < -0.39 is 0 Å². The van der Waals surface area contributed by atoms with Gasteiger partial charge in [0.1, 0.15) is 11.3 Å². The number of anilines is 3. The number of para-hydroxylation sites is 1. The first kappa shape index (κ1) is 22.0. The van der Waals surface area contributed by atoms with Gasteiger partial charge >= 0.3 is 0 Å². The number of ether oxygens (including phenoxy) is 1. The van der Waals surface area contributed by atoms with Crippen LogP contribution in [0.15, 0.2) is 42.6 Å². The van der Waals surface area contributed by atoms with Crippen molar-refractivity contribution in [2.24, 2.45) is 0 Å². The summed E-state index contributed by atoms with van der Waals surface area (Å²) < 4.78 is 6.24. The largest absolute Gasteiger partial charge is 0.488 e. The lowest BCUT2D eigenvalue weighted by Gasteiger charge is -2.26. The average molecular weight is 435 g/mol. The molecule has 1 aliphatic rings. The summed E-state index contributed by atoms with van der Waals surface area (Å²) in [4.78, 5) is 11.1. The van der Waals surface area contributed by atoms with Crippen LogP contribution in [0, 0.1) is 5.41 Å². The van der Waals surface area contributed by atoms with E-state index in [2.05, 4.69) is 10.3 Å². The molecule has 1 aliphatic carbocycles. The smallest absolute Gasteiger partial charge is 0.227 e. The summed E-state index contributed by atoms with van der Waals surface area (Å²) in [5.74, 6) is 1.17. The van der Waals surface area contributed by atoms with Gasteiger partial charge in [0.2, 0.25) is 5.95 Å². The van der Waals surface area contributed by atoms with Crippen molar-refractivity contribution < 1.29 is 9.84 Å². The van der Waals surface area contributed by atoms with Crippen LogP contribution in [-0.2, 0) is 0 Å². The molecule has 1 aromatic heterocycles. The molecule has 1 heterocycles. The first-order valence-corrected chi connectivity index (χ1v) is 10.9. The van der Waals surface area contributed by atoms with E-state index in [4.69, 9.17) is 20.9 Å². The van der Waals surface area contributed by atoms with E-state index in [1.54, 1.807) is 12.3 Å². The van der Waals surface area contributed by atoms with Crippen LogP contribution in [0.3, 0.4) is 0 Å². The highest BCUT2D eigenvalue weighted by atomic mass is 16.5. The van der Waals surface area contributed by atoms with E-state index in [9.17, 15) is 5.11 Å². The molecule has 4 rings (SSSR count). The van der Waals surface area contributed by atoms with Gasteiger partial charge in [-0.15, -0.1) is 0 Å². The number of aromatic nitrogens is 2. The summed E-state index contributed by atoms with van der Waals surface area (Å²) in [6.45, 7) is 0.521. The number of nitrogen functional groups attached to an aromatic ring is 1. The molecule has 1 fully saturated rings. The van der Waals surface area contributed by atoms with E-state index >= 15 is 0 Å². The Bertz CT molecular complexity index is 1110. The number of hydrogen-bond donors (Lipinski definition) is 4. The third kappa shape index (κ3) is 5.15. The minimum atomic E-state index is -0.217. The fraction of sp³-hybridized carbons (Fsp3) is 0.375. The van der Waals surface area contributed by atoms with Crippen molar-refractivity contribution in [1.29, 1.82) is 5.41 Å². The molecular weight excluding hydrogens is 404 g/mol. The van der Waals surface area contributed by atoms with E-state index in [-0.39, 0.29) is 12.2 Å². The van der Waals surface area contributed by atoms with Gasteiger partial charge in [0, 0.05) is 35.1 Å². The van der Waals surface area contributed by atoms with Crippen molar-refractivity contribution in [3.8, 4) is 5.75 Å². The van der Waals surface area contributed by atoms with Crippen LogP contribution >= 0.6 is 0 Å². The first-order chi connectivity index (χ1) is 15.4. The quantitative estimate of drug-likeness (QED) is 0.331. The molecule has 3 aromatic rings. The maximum absolute atomic E-state index is 9.74. The highest BCUT2D eigenvalue weighted by Gasteiger charge is 2.21. The van der Waals surface area contributed by atoms with Crippen LogP contribution in [0.1, 0.15) is 31.2 Å². The fourth-order valence-electron chi connectivity index (χ4n) is 3.97. The van der Waals surface area contributed by atoms with E-state index in [0.29, 0.717) is 23.9 Å². The molecule has 0 amide bonds. The van der Waals surface area contributed by atoms with Crippen LogP contribution in [0.5, 0.6) is 5.75 Å². The summed E-state index contributed by atoms with van der Waals surface area (Å²) in [6, 6.07) is 11.3. The van der Waals surface area contributed by atoms with Gasteiger partial charge in [0.15, 0.2) is 0 Å². The number of aliphatic hydroxyl groups excluding tert-OH is 1. The Morgan fingerprint density at radius 2 is 2.00 bits per heavy atom. The topological polar surface area (TPSA) is 120 Å². The van der Waals surface area contributed by atoms with Crippen molar-refractivity contribution in [2.45, 2.75) is 37.9 Å². The van der Waals surface area contributed by atoms with E-state index in [0.717, 1.165) is 53.6 Å². The second kappa shape index (κ2) is 9.50. The lowest BCUT2D eigenvalue weighted by molar-refractivity contribution is 0.0672. The summed E-state index contributed by atoms with van der Waals surface area (Å²) in [7, 11) is 3.85. The molecule has 0 radical (unpaired) electrons. The van der Waals surface area contributed by atoms with Crippen LogP contribution in [0.4, 0.5) is 17.3 Å². The Kier molecular flexibility index (Phi) is 6.53.